The van der Waals surface area contributed by atoms with Crippen LogP contribution in [-0.4, -0.2) is 10.4 Å². The van der Waals surface area contributed by atoms with Crippen molar-refractivity contribution >= 4 is 29.2 Å². The minimum atomic E-state index is 0.600. The number of hydrogen-bond donors (Lipinski definition) is 2. The van der Waals surface area contributed by atoms with Crippen LogP contribution in [0, 0.1) is 0 Å². The zero-order chi connectivity index (χ0) is 8.10. The molecule has 64 valence electrons. The predicted molar refractivity (Wildman–Crippen MR) is 56.2 cm³/mol. The first-order chi connectivity index (χ1) is 5.29. The molecule has 1 nitrogen and oxygen atoms in total. The van der Waals surface area contributed by atoms with Crippen LogP contribution in [0.2, 0.25) is 0 Å². The number of nitrogens with one attached hydrogen (secondary N) is 1. The van der Waals surface area contributed by atoms with E-state index in [0.717, 1.165) is 0 Å². The standard InChI is InChI=1S/C8H15NS2/c10-8(11)9-7-5-3-1-2-4-6-7/h7H,1-6H2,(H2,9,10,11). The molecule has 0 atom stereocenters. The number of rotatable bonds is 1. The SMILES string of the molecule is S=C(S)NC1CCCCCC1. The Balaban J connectivity index is 2.25. The first-order valence-corrected chi connectivity index (χ1v) is 5.14. The maximum atomic E-state index is 4.87. The molecule has 1 aliphatic rings. The second-order valence-corrected chi connectivity index (χ2v) is 4.30. The highest BCUT2D eigenvalue weighted by atomic mass is 32.1. The van der Waals surface area contributed by atoms with Gasteiger partial charge in [-0.25, -0.2) is 0 Å². The maximum Gasteiger partial charge on any atom is 0.130 e. The summed E-state index contributed by atoms with van der Waals surface area (Å²) in [7, 11) is 0. The third-order valence-electron chi connectivity index (χ3n) is 2.18. The average Bonchev–Trinajstić information content (AvgIpc) is 2.14. The summed E-state index contributed by atoms with van der Waals surface area (Å²) in [6, 6.07) is 0.600. The summed E-state index contributed by atoms with van der Waals surface area (Å²) in [6.45, 7) is 0. The number of hydrogen-bond acceptors (Lipinski definition) is 1. The highest BCUT2D eigenvalue weighted by molar-refractivity contribution is 8.11. The molecule has 1 N–H and O–H groups in total. The molecule has 0 amide bonds. The fraction of sp³-hybridized carbons (Fsp3) is 0.875. The number of thiocarbonyl (C=S) groups is 1. The quantitative estimate of drug-likeness (QED) is 0.373. The zero-order valence-electron chi connectivity index (χ0n) is 6.68. The molecule has 0 aromatic heterocycles. The van der Waals surface area contributed by atoms with Crippen molar-refractivity contribution in [3.05, 3.63) is 0 Å². The predicted octanol–water partition coefficient (Wildman–Crippen LogP) is 2.51. The number of thiol groups is 1. The molecule has 0 aliphatic heterocycles. The molecule has 1 rings (SSSR count). The second-order valence-electron chi connectivity index (χ2n) is 3.14. The molecule has 1 fully saturated rings. The molecular weight excluding hydrogens is 174 g/mol. The molecule has 0 radical (unpaired) electrons. The van der Waals surface area contributed by atoms with E-state index < -0.39 is 0 Å². The van der Waals surface area contributed by atoms with E-state index in [0.29, 0.717) is 10.4 Å². The minimum Gasteiger partial charge on any atom is -0.368 e. The van der Waals surface area contributed by atoms with Gasteiger partial charge in [0.25, 0.3) is 0 Å². The fourth-order valence-electron chi connectivity index (χ4n) is 1.60. The molecule has 3 heteroatoms. The summed E-state index contributed by atoms with van der Waals surface area (Å²) >= 11 is 8.94. The summed E-state index contributed by atoms with van der Waals surface area (Å²) in [6.07, 6.45) is 7.98. The molecule has 1 saturated carbocycles. The molecule has 1 aliphatic carbocycles. The first-order valence-electron chi connectivity index (χ1n) is 4.28. The highest BCUT2D eigenvalue weighted by Crippen LogP contribution is 2.17. The Kier molecular flexibility index (Phi) is 4.23. The average molecular weight is 189 g/mol. The molecule has 0 spiro atoms. The zero-order valence-corrected chi connectivity index (χ0v) is 8.39. The van der Waals surface area contributed by atoms with Gasteiger partial charge in [-0.05, 0) is 12.8 Å². The Morgan fingerprint density at radius 3 is 2.18 bits per heavy atom. The Bertz CT molecular complexity index is 128. The van der Waals surface area contributed by atoms with Crippen LogP contribution < -0.4 is 5.32 Å². The second kappa shape index (κ2) is 4.99. The fourth-order valence-corrected chi connectivity index (χ4v) is 1.95. The van der Waals surface area contributed by atoms with Gasteiger partial charge in [0.05, 0.1) is 0 Å². The van der Waals surface area contributed by atoms with Gasteiger partial charge in [0.2, 0.25) is 0 Å². The Hall–Kier alpha value is 0.240. The Labute approximate surface area is 79.4 Å². The topological polar surface area (TPSA) is 12.0 Å². The van der Waals surface area contributed by atoms with Crippen LogP contribution in [0.25, 0.3) is 0 Å². The third kappa shape index (κ3) is 3.97. The van der Waals surface area contributed by atoms with Crippen molar-refractivity contribution in [2.45, 2.75) is 44.6 Å². The lowest BCUT2D eigenvalue weighted by Gasteiger charge is -2.15. The van der Waals surface area contributed by atoms with E-state index in [1.54, 1.807) is 0 Å². The van der Waals surface area contributed by atoms with Crippen LogP contribution in [0.3, 0.4) is 0 Å². The highest BCUT2D eigenvalue weighted by Gasteiger charge is 2.11. The molecule has 11 heavy (non-hydrogen) atoms. The molecule has 0 saturated heterocycles. The Morgan fingerprint density at radius 2 is 1.73 bits per heavy atom. The molecule has 0 aromatic rings. The van der Waals surface area contributed by atoms with Crippen LogP contribution in [0.5, 0.6) is 0 Å². The van der Waals surface area contributed by atoms with E-state index >= 15 is 0 Å². The van der Waals surface area contributed by atoms with Crippen LogP contribution in [0.4, 0.5) is 0 Å². The normalized spacial score (nSPS) is 20.8. The molecule has 0 bridgehead atoms. The summed E-state index contributed by atoms with van der Waals surface area (Å²) in [5.41, 5.74) is 0. The summed E-state index contributed by atoms with van der Waals surface area (Å²) in [4.78, 5) is 0. The van der Waals surface area contributed by atoms with Crippen molar-refractivity contribution in [1.29, 1.82) is 0 Å². The lowest BCUT2D eigenvalue weighted by atomic mass is 10.1. The van der Waals surface area contributed by atoms with Gasteiger partial charge in [0.15, 0.2) is 0 Å². The van der Waals surface area contributed by atoms with Crippen molar-refractivity contribution < 1.29 is 0 Å². The van der Waals surface area contributed by atoms with Crippen molar-refractivity contribution in [3.8, 4) is 0 Å². The lowest BCUT2D eigenvalue weighted by molar-refractivity contribution is 0.538. The van der Waals surface area contributed by atoms with Crippen molar-refractivity contribution in [2.75, 3.05) is 0 Å². The summed E-state index contributed by atoms with van der Waals surface area (Å²) < 4.78 is 0.650. The molecule has 0 heterocycles. The van der Waals surface area contributed by atoms with E-state index in [4.69, 9.17) is 12.2 Å². The van der Waals surface area contributed by atoms with Crippen molar-refractivity contribution in [1.82, 2.24) is 5.32 Å². The van der Waals surface area contributed by atoms with Gasteiger partial charge in [-0.15, -0.1) is 12.6 Å². The van der Waals surface area contributed by atoms with E-state index in [1.165, 1.54) is 38.5 Å². The third-order valence-corrected chi connectivity index (χ3v) is 2.43. The van der Waals surface area contributed by atoms with Gasteiger partial charge >= 0.3 is 0 Å². The van der Waals surface area contributed by atoms with Gasteiger partial charge in [0, 0.05) is 6.04 Å². The smallest absolute Gasteiger partial charge is 0.130 e. The molecule has 0 aromatic carbocycles. The Morgan fingerprint density at radius 1 is 1.18 bits per heavy atom. The van der Waals surface area contributed by atoms with Gasteiger partial charge in [-0.2, -0.15) is 0 Å². The largest absolute Gasteiger partial charge is 0.368 e. The monoisotopic (exact) mass is 189 g/mol. The molecular formula is C8H15NS2. The van der Waals surface area contributed by atoms with Crippen LogP contribution in [0.15, 0.2) is 0 Å². The van der Waals surface area contributed by atoms with E-state index in [1.807, 2.05) is 0 Å². The van der Waals surface area contributed by atoms with Gasteiger partial charge in [-0.1, -0.05) is 37.9 Å². The van der Waals surface area contributed by atoms with Crippen molar-refractivity contribution in [3.63, 3.8) is 0 Å². The van der Waals surface area contributed by atoms with Crippen molar-refractivity contribution in [2.24, 2.45) is 0 Å². The maximum absolute atomic E-state index is 4.87. The van der Waals surface area contributed by atoms with E-state index in [2.05, 4.69) is 17.9 Å². The first kappa shape index (κ1) is 9.33. The van der Waals surface area contributed by atoms with Gasteiger partial charge < -0.3 is 5.32 Å². The van der Waals surface area contributed by atoms with Crippen LogP contribution in [0.1, 0.15) is 38.5 Å². The molecule has 0 unspecified atom stereocenters. The lowest BCUT2D eigenvalue weighted by Crippen LogP contribution is -2.30. The van der Waals surface area contributed by atoms with E-state index in [9.17, 15) is 0 Å². The van der Waals surface area contributed by atoms with Gasteiger partial charge in [-0.3, -0.25) is 0 Å². The van der Waals surface area contributed by atoms with Crippen LogP contribution in [-0.2, 0) is 0 Å². The van der Waals surface area contributed by atoms with E-state index in [-0.39, 0.29) is 0 Å². The summed E-state index contributed by atoms with van der Waals surface area (Å²) in [5.74, 6) is 0. The van der Waals surface area contributed by atoms with Crippen LogP contribution >= 0.6 is 24.8 Å². The van der Waals surface area contributed by atoms with Gasteiger partial charge in [0.1, 0.15) is 4.32 Å². The minimum absolute atomic E-state index is 0.600. The summed E-state index contributed by atoms with van der Waals surface area (Å²) in [5, 5.41) is 3.22.